The lowest BCUT2D eigenvalue weighted by molar-refractivity contribution is -0.130. The summed E-state index contributed by atoms with van der Waals surface area (Å²) in [5.74, 6) is -2.61. The van der Waals surface area contributed by atoms with Gasteiger partial charge in [-0.05, 0) is 31.3 Å². The van der Waals surface area contributed by atoms with Crippen LogP contribution in [0, 0.1) is 12.8 Å². The van der Waals surface area contributed by atoms with Gasteiger partial charge in [-0.15, -0.1) is 0 Å². The van der Waals surface area contributed by atoms with E-state index in [4.69, 9.17) is 17.0 Å². The van der Waals surface area contributed by atoms with Gasteiger partial charge < -0.3 is 10.1 Å². The van der Waals surface area contributed by atoms with Crippen LogP contribution in [0.4, 0.5) is 5.69 Å². The van der Waals surface area contributed by atoms with Gasteiger partial charge in [-0.25, -0.2) is 5.43 Å². The van der Waals surface area contributed by atoms with Crippen LogP contribution in [0.1, 0.15) is 5.56 Å². The van der Waals surface area contributed by atoms with Gasteiger partial charge in [0.1, 0.15) is 0 Å². The Kier molecular flexibility index (Phi) is 6.45. The molecule has 0 radical (unpaired) electrons. The highest BCUT2D eigenvalue weighted by Crippen LogP contribution is 2.20. The van der Waals surface area contributed by atoms with E-state index in [0.717, 1.165) is 11.8 Å². The van der Waals surface area contributed by atoms with E-state index < -0.39 is 17.7 Å². The van der Waals surface area contributed by atoms with E-state index in [2.05, 4.69) is 15.8 Å². The lowest BCUT2D eigenvalue weighted by Gasteiger charge is -2.30. The van der Waals surface area contributed by atoms with Gasteiger partial charge in [0, 0.05) is 19.3 Å². The molecule has 9 nitrogen and oxygen atoms in total. The maximum absolute atomic E-state index is 12.8. The molecule has 2 aliphatic rings. The lowest BCUT2D eigenvalue weighted by Crippen LogP contribution is -2.58. The monoisotopic (exact) mass is 403 g/mol. The van der Waals surface area contributed by atoms with Crippen molar-refractivity contribution in [2.45, 2.75) is 6.92 Å². The molecule has 0 saturated carbocycles. The van der Waals surface area contributed by atoms with Crippen LogP contribution in [0.25, 0.3) is 0 Å². The zero-order valence-corrected chi connectivity index (χ0v) is 16.2. The van der Waals surface area contributed by atoms with E-state index in [-0.39, 0.29) is 17.6 Å². The number of rotatable bonds is 5. The number of hydrogen-bond acceptors (Lipinski definition) is 7. The first kappa shape index (κ1) is 20.1. The maximum atomic E-state index is 12.8. The predicted molar refractivity (Wildman–Crippen MR) is 107 cm³/mol. The topological polar surface area (TPSA) is 103 Å². The number of nitrogens with one attached hydrogen (secondary N) is 2. The van der Waals surface area contributed by atoms with Gasteiger partial charge in [0.2, 0.25) is 5.91 Å². The summed E-state index contributed by atoms with van der Waals surface area (Å²) in [6.07, 6.45) is 1.12. The van der Waals surface area contributed by atoms with Crippen molar-refractivity contribution in [3.63, 3.8) is 0 Å². The second kappa shape index (κ2) is 9.00. The Morgan fingerprint density at radius 2 is 2.00 bits per heavy atom. The molecule has 148 valence electrons. The third-order valence-electron chi connectivity index (χ3n) is 4.38. The molecule has 2 fully saturated rings. The van der Waals surface area contributed by atoms with Crippen LogP contribution in [0.15, 0.2) is 29.4 Å². The summed E-state index contributed by atoms with van der Waals surface area (Å²) >= 11 is 5.14. The van der Waals surface area contributed by atoms with Crippen molar-refractivity contribution >= 4 is 47.0 Å². The number of hydrogen-bond donors (Lipinski definition) is 2. The number of carbonyl (C=O) groups is 3. The van der Waals surface area contributed by atoms with Crippen LogP contribution in [-0.2, 0) is 19.1 Å². The standard InChI is InChI=1S/C18H21N5O4S/c1-12-2-4-13(5-3-12)23-17(26)14(16(25)20-18(23)28)10-19-21-15(24)11-22-6-8-27-9-7-22/h2-5,10,14H,6-9,11H2,1H3,(H,21,24)(H,20,25,28)/b19-10+/t14-/m0/s1. The molecule has 0 aliphatic carbocycles. The summed E-state index contributed by atoms with van der Waals surface area (Å²) in [6.45, 7) is 4.61. The Morgan fingerprint density at radius 3 is 2.68 bits per heavy atom. The van der Waals surface area contributed by atoms with Crippen LogP contribution in [-0.4, -0.2) is 66.8 Å². The van der Waals surface area contributed by atoms with E-state index in [9.17, 15) is 14.4 Å². The minimum absolute atomic E-state index is 0.0138. The number of amides is 3. The van der Waals surface area contributed by atoms with Gasteiger partial charge in [-0.1, -0.05) is 17.7 Å². The van der Waals surface area contributed by atoms with E-state index >= 15 is 0 Å². The number of aryl methyl sites for hydroxylation is 1. The molecule has 1 aromatic carbocycles. The third kappa shape index (κ3) is 4.77. The molecule has 2 N–H and O–H groups in total. The molecule has 2 heterocycles. The number of morpholine rings is 1. The Labute approximate surface area is 167 Å². The number of anilines is 1. The fourth-order valence-corrected chi connectivity index (χ4v) is 3.14. The largest absolute Gasteiger partial charge is 0.379 e. The Morgan fingerprint density at radius 1 is 1.32 bits per heavy atom. The summed E-state index contributed by atoms with van der Waals surface area (Å²) in [5, 5.41) is 6.31. The Balaban J connectivity index is 1.63. The summed E-state index contributed by atoms with van der Waals surface area (Å²) in [5.41, 5.74) is 3.94. The number of thiocarbonyl (C=S) groups is 1. The van der Waals surface area contributed by atoms with Crippen molar-refractivity contribution in [2.24, 2.45) is 11.0 Å². The first-order valence-corrected chi connectivity index (χ1v) is 9.24. The van der Waals surface area contributed by atoms with Crippen molar-refractivity contribution in [2.75, 3.05) is 37.7 Å². The van der Waals surface area contributed by atoms with Gasteiger partial charge in [-0.2, -0.15) is 5.10 Å². The highest BCUT2D eigenvalue weighted by Gasteiger charge is 2.38. The lowest BCUT2D eigenvalue weighted by atomic mass is 10.1. The van der Waals surface area contributed by atoms with Gasteiger partial charge in [0.15, 0.2) is 11.0 Å². The molecule has 2 saturated heterocycles. The molecule has 3 rings (SSSR count). The fourth-order valence-electron chi connectivity index (χ4n) is 2.84. The predicted octanol–water partition coefficient (Wildman–Crippen LogP) is -0.207. The minimum Gasteiger partial charge on any atom is -0.379 e. The van der Waals surface area contributed by atoms with Gasteiger partial charge in [-0.3, -0.25) is 24.2 Å². The van der Waals surface area contributed by atoms with Crippen molar-refractivity contribution in [1.82, 2.24) is 15.6 Å². The third-order valence-corrected chi connectivity index (χ3v) is 4.66. The SMILES string of the molecule is Cc1ccc(N2C(=O)[C@@H](/C=N/NC(=O)CN3CCOCC3)C(=O)NC2=S)cc1. The van der Waals surface area contributed by atoms with Crippen LogP contribution < -0.4 is 15.6 Å². The van der Waals surface area contributed by atoms with Gasteiger partial charge in [0.25, 0.3) is 11.8 Å². The minimum atomic E-state index is -1.18. The van der Waals surface area contributed by atoms with Crippen LogP contribution in [0.2, 0.25) is 0 Å². The molecule has 0 bridgehead atoms. The molecular weight excluding hydrogens is 382 g/mol. The van der Waals surface area contributed by atoms with Crippen molar-refractivity contribution in [3.8, 4) is 0 Å². The second-order valence-electron chi connectivity index (χ2n) is 6.48. The van der Waals surface area contributed by atoms with Crippen molar-refractivity contribution in [1.29, 1.82) is 0 Å². The molecule has 0 spiro atoms. The molecule has 1 aromatic rings. The summed E-state index contributed by atoms with van der Waals surface area (Å²) in [7, 11) is 0. The van der Waals surface area contributed by atoms with Gasteiger partial charge >= 0.3 is 0 Å². The normalized spacial score (nSPS) is 21.1. The average Bonchev–Trinajstić information content (AvgIpc) is 2.66. The molecule has 0 aromatic heterocycles. The number of carbonyl (C=O) groups excluding carboxylic acids is 3. The van der Waals surface area contributed by atoms with Crippen molar-refractivity contribution < 1.29 is 19.1 Å². The van der Waals surface area contributed by atoms with E-state index in [1.165, 1.54) is 4.90 Å². The summed E-state index contributed by atoms with van der Waals surface area (Å²) in [4.78, 5) is 40.1. The number of nitrogens with zero attached hydrogens (tertiary/aromatic N) is 3. The first-order valence-electron chi connectivity index (χ1n) is 8.83. The van der Waals surface area contributed by atoms with Crippen LogP contribution >= 0.6 is 12.2 Å². The van der Waals surface area contributed by atoms with Crippen molar-refractivity contribution in [3.05, 3.63) is 29.8 Å². The molecule has 1 atom stereocenters. The quantitative estimate of drug-likeness (QED) is 0.305. The summed E-state index contributed by atoms with van der Waals surface area (Å²) < 4.78 is 5.23. The first-order chi connectivity index (χ1) is 13.5. The smallest absolute Gasteiger partial charge is 0.254 e. The Bertz CT molecular complexity index is 805. The van der Waals surface area contributed by atoms with Crippen LogP contribution in [0.3, 0.4) is 0 Å². The van der Waals surface area contributed by atoms with Gasteiger partial charge in [0.05, 0.1) is 25.4 Å². The van der Waals surface area contributed by atoms with Crippen LogP contribution in [0.5, 0.6) is 0 Å². The average molecular weight is 403 g/mol. The second-order valence-corrected chi connectivity index (χ2v) is 6.87. The van der Waals surface area contributed by atoms with E-state index in [1.807, 2.05) is 24.0 Å². The molecule has 10 heteroatoms. The zero-order chi connectivity index (χ0) is 20.1. The molecule has 3 amide bonds. The maximum Gasteiger partial charge on any atom is 0.254 e. The van der Waals surface area contributed by atoms with E-state index in [0.29, 0.717) is 32.0 Å². The highest BCUT2D eigenvalue weighted by atomic mass is 32.1. The molecular formula is C18H21N5O4S. The molecule has 0 unspecified atom stereocenters. The number of benzene rings is 1. The highest BCUT2D eigenvalue weighted by molar-refractivity contribution is 7.80. The summed E-state index contributed by atoms with van der Waals surface area (Å²) in [6, 6.07) is 7.18. The molecule has 2 aliphatic heterocycles. The molecule has 28 heavy (non-hydrogen) atoms. The fraction of sp³-hybridized carbons (Fsp3) is 0.389. The Hall–Kier alpha value is -2.69. The zero-order valence-electron chi connectivity index (χ0n) is 15.4. The van der Waals surface area contributed by atoms with E-state index in [1.54, 1.807) is 12.1 Å². The number of hydrazone groups is 1. The number of ether oxygens (including phenoxy) is 1.